The minimum atomic E-state index is -5.19. The van der Waals surface area contributed by atoms with Crippen LogP contribution in [-0.4, -0.2) is 55.6 Å². The Kier molecular flexibility index (Phi) is 66.0. The molecule has 0 aromatic heterocycles. The summed E-state index contributed by atoms with van der Waals surface area (Å²) in [7, 11) is 0. The van der Waals surface area contributed by atoms with Crippen LogP contribution >= 0.6 is 0 Å². The molecule has 0 fully saturated rings. The highest BCUT2D eigenvalue weighted by Gasteiger charge is 2.57. The molecule has 0 bridgehead atoms. The predicted octanol–water partition coefficient (Wildman–Crippen LogP) is 32.1. The average molecular weight is 1460 g/mol. The molecular weight excluding hydrogens is 1330 g/mol. The number of rotatable bonds is 22. The summed E-state index contributed by atoms with van der Waals surface area (Å²) in [6.45, 7) is 46.6. The highest BCUT2D eigenvalue weighted by molar-refractivity contribution is 4.80. The van der Waals surface area contributed by atoms with E-state index in [1.54, 1.807) is 48.5 Å². The van der Waals surface area contributed by atoms with Gasteiger partial charge in [0.2, 0.25) is 0 Å². The normalized spacial score (nSPS) is 13.8. The van der Waals surface area contributed by atoms with Gasteiger partial charge in [-0.1, -0.05) is 276 Å². The van der Waals surface area contributed by atoms with Crippen molar-refractivity contribution in [3.05, 3.63) is 0 Å². The Morgan fingerprint density at radius 3 is 0.811 bits per heavy atom. The van der Waals surface area contributed by atoms with Crippen molar-refractivity contribution in [3.8, 4) is 0 Å². The molecule has 0 aliphatic rings. The summed E-state index contributed by atoms with van der Waals surface area (Å²) in [5.74, 6) is -7.17. The first-order valence-corrected chi connectivity index (χ1v) is 33.4. The van der Waals surface area contributed by atoms with Crippen LogP contribution in [0, 0.1) is 69.5 Å². The van der Waals surface area contributed by atoms with Crippen LogP contribution in [0.15, 0.2) is 0 Å². The molecule has 0 rings (SSSR count). The second kappa shape index (κ2) is 54.8. The van der Waals surface area contributed by atoms with Gasteiger partial charge in [0.25, 0.3) is 0 Å². The third-order valence-electron chi connectivity index (χ3n) is 15.2. The summed E-state index contributed by atoms with van der Waals surface area (Å²) in [6.07, 6.45) is -29.8. The van der Waals surface area contributed by atoms with Crippen LogP contribution in [0.4, 0.5) is 119 Å². The summed E-state index contributed by atoms with van der Waals surface area (Å²) < 4.78 is 319. The van der Waals surface area contributed by atoms with Crippen LogP contribution in [0.3, 0.4) is 0 Å². The number of halogens is 27. The zero-order valence-corrected chi connectivity index (χ0v) is 62.3. The molecule has 0 amide bonds. The molecule has 590 valence electrons. The second-order valence-corrected chi connectivity index (χ2v) is 27.8. The molecular formula is C68H129F27. The molecule has 0 N–H and O–H groups in total. The van der Waals surface area contributed by atoms with Gasteiger partial charge in [0.15, 0.2) is 11.8 Å². The van der Waals surface area contributed by atoms with Crippen LogP contribution in [-0.2, 0) is 0 Å². The smallest absolute Gasteiger partial charge is 0.171 e. The van der Waals surface area contributed by atoms with E-state index in [1.807, 2.05) is 13.8 Å². The van der Waals surface area contributed by atoms with Crippen molar-refractivity contribution in [2.24, 2.45) is 69.5 Å². The summed E-state index contributed by atoms with van der Waals surface area (Å²) in [5.41, 5.74) is -2.53. The molecule has 0 aromatic rings. The molecule has 0 spiro atoms. The van der Waals surface area contributed by atoms with Gasteiger partial charge in [-0.25, -0.2) is 0 Å². The molecule has 0 heterocycles. The highest BCUT2D eigenvalue weighted by atomic mass is 19.4. The van der Waals surface area contributed by atoms with Gasteiger partial charge in [-0.2, -0.15) is 119 Å². The first-order valence-electron chi connectivity index (χ1n) is 33.4. The maximum absolute atomic E-state index is 12.1. The van der Waals surface area contributed by atoms with Crippen molar-refractivity contribution < 1.29 is 119 Å². The van der Waals surface area contributed by atoms with E-state index in [0.717, 1.165) is 31.1 Å². The van der Waals surface area contributed by atoms with Crippen LogP contribution in [0.5, 0.6) is 0 Å². The van der Waals surface area contributed by atoms with Crippen molar-refractivity contribution in [2.75, 3.05) is 0 Å². The van der Waals surface area contributed by atoms with Gasteiger partial charge in [-0.15, -0.1) is 0 Å². The van der Waals surface area contributed by atoms with Crippen LogP contribution < -0.4 is 0 Å². The lowest BCUT2D eigenvalue weighted by Crippen LogP contribution is -2.37. The molecule has 0 radical (unpaired) electrons. The molecule has 3 atom stereocenters. The lowest BCUT2D eigenvalue weighted by molar-refractivity contribution is -0.288. The number of hydrogen-bond donors (Lipinski definition) is 0. The molecule has 95 heavy (non-hydrogen) atoms. The Labute approximate surface area is 557 Å². The Morgan fingerprint density at radius 2 is 0.663 bits per heavy atom. The SMILES string of the molecule is CC(C)C(C)(C)C(F)(F)F.CC(C)CC(C(F)(F)F)C(F)(F)F.CCC(C)(C)C.CCC(C)CC.CCCC(C)(C)C(F)(F)F.CCCCC(C(F)(F)F)C(F)(F)F.CCCCC(C)C.CCCCCCC(F)(F)F.CCC[C@H](C)CC(F)(F)F.CC[C@H](C)C(C)C(F)(F)F. The second-order valence-electron chi connectivity index (χ2n) is 27.8. The van der Waals surface area contributed by atoms with Crippen LogP contribution in [0.2, 0.25) is 0 Å². The molecule has 27 heteroatoms. The number of hydrogen-bond acceptors (Lipinski definition) is 0. The van der Waals surface area contributed by atoms with Gasteiger partial charge >= 0.3 is 55.6 Å². The van der Waals surface area contributed by atoms with Crippen molar-refractivity contribution in [1.82, 2.24) is 0 Å². The van der Waals surface area contributed by atoms with Crippen molar-refractivity contribution in [3.63, 3.8) is 0 Å². The van der Waals surface area contributed by atoms with Gasteiger partial charge in [0.1, 0.15) is 0 Å². The Morgan fingerprint density at radius 1 is 0.305 bits per heavy atom. The standard InChI is InChI=1S/2C7H10F6.5C7H13F3.C7H16.2C6H14/c1-4(2)3-5(6(8,9)10)7(11,12)13;1-2-3-4-5(6(8,9)10)7(11,12)13;1-5(2)6(3,4)7(8,9)10;1-4-5-6(2,3)7(8,9)10;1-4-5(2)6(3)7(8,9)10;1-3-4-6(2)5-7(8,9)10;1-2-3-4-5-6-7(8,9)10;1-4-5-6-7(2)3;1-5-6(2,3)4;1-4-6(3)5-2/h4-5H,3H2,1-2H3;5H,2-4H2,1H3;5H,1-4H3;4-5H2,1-3H3;5-6H,4H2,1-3H3;6H,3-5H2,1-2H3;2-6H2,1H3;7H,4-6H2,1-3H3;5H2,1-4H3;6H,4-5H2,1-3H3/t;;;;5-,6?;6-;;;;/m....00..../s1. The van der Waals surface area contributed by atoms with E-state index < -0.39 is 116 Å². The number of unbranched alkanes of at least 4 members (excludes halogenated alkanes) is 5. The van der Waals surface area contributed by atoms with E-state index in [-0.39, 0.29) is 37.0 Å². The zero-order valence-electron chi connectivity index (χ0n) is 62.3. The van der Waals surface area contributed by atoms with Gasteiger partial charge < -0.3 is 0 Å². The lowest BCUT2D eigenvalue weighted by Gasteiger charge is -2.31. The minimum Gasteiger partial charge on any atom is -0.171 e. The van der Waals surface area contributed by atoms with E-state index in [9.17, 15) is 119 Å². The fourth-order valence-corrected chi connectivity index (χ4v) is 6.26. The average Bonchev–Trinajstić information content (AvgIpc) is 0.863. The minimum absolute atomic E-state index is 0.0658. The maximum atomic E-state index is 12.1. The number of alkyl halides is 27. The summed E-state index contributed by atoms with van der Waals surface area (Å²) in [5, 5.41) is 0. The Hall–Kier alpha value is -1.89. The van der Waals surface area contributed by atoms with Crippen LogP contribution in [0.25, 0.3) is 0 Å². The van der Waals surface area contributed by atoms with Gasteiger partial charge in [0, 0.05) is 12.8 Å². The van der Waals surface area contributed by atoms with Gasteiger partial charge in [0.05, 0.1) is 16.7 Å². The zero-order chi connectivity index (χ0) is 79.0. The fourth-order valence-electron chi connectivity index (χ4n) is 6.26. The first kappa shape index (κ1) is 114. The molecule has 0 aromatic carbocycles. The summed E-state index contributed by atoms with van der Waals surface area (Å²) in [4.78, 5) is 0. The Balaban J connectivity index is -0.000000107. The van der Waals surface area contributed by atoms with Gasteiger partial charge in [-0.3, -0.25) is 0 Å². The van der Waals surface area contributed by atoms with Crippen molar-refractivity contribution >= 4 is 0 Å². The first-order chi connectivity index (χ1) is 41.8. The van der Waals surface area contributed by atoms with E-state index in [2.05, 4.69) is 69.2 Å². The fraction of sp³-hybridized carbons (Fsp3) is 1.00. The van der Waals surface area contributed by atoms with E-state index >= 15 is 0 Å². The molecule has 1 unspecified atom stereocenters. The summed E-state index contributed by atoms with van der Waals surface area (Å²) >= 11 is 0. The highest BCUT2D eigenvalue weighted by Crippen LogP contribution is 2.45. The third-order valence-corrected chi connectivity index (χ3v) is 15.2. The molecule has 0 aliphatic heterocycles. The van der Waals surface area contributed by atoms with E-state index in [1.165, 1.54) is 87.0 Å². The van der Waals surface area contributed by atoms with Crippen LogP contribution in [0.1, 0.15) is 315 Å². The van der Waals surface area contributed by atoms with E-state index in [4.69, 9.17) is 0 Å². The lowest BCUT2D eigenvalue weighted by atomic mass is 9.81. The monoisotopic (exact) mass is 1460 g/mol. The predicted molar refractivity (Wildman–Crippen MR) is 338 cm³/mol. The Bertz CT molecular complexity index is 1600. The van der Waals surface area contributed by atoms with Gasteiger partial charge in [-0.05, 0) is 66.6 Å². The maximum Gasteiger partial charge on any atom is 0.400 e. The quantitative estimate of drug-likeness (QED) is 0.0749. The van der Waals surface area contributed by atoms with Crippen molar-refractivity contribution in [1.29, 1.82) is 0 Å². The molecule has 0 nitrogen and oxygen atoms in total. The molecule has 0 saturated heterocycles. The largest absolute Gasteiger partial charge is 0.400 e. The summed E-state index contributed by atoms with van der Waals surface area (Å²) in [6, 6.07) is 0. The molecule has 0 aliphatic carbocycles. The van der Waals surface area contributed by atoms with Crippen molar-refractivity contribution in [2.45, 2.75) is 370 Å². The third kappa shape index (κ3) is 81.0. The molecule has 0 saturated carbocycles. The van der Waals surface area contributed by atoms with E-state index in [0.29, 0.717) is 37.5 Å². The topological polar surface area (TPSA) is 0 Å².